The highest BCUT2D eigenvalue weighted by Gasteiger charge is 2.51. The molecule has 0 spiro atoms. The molecule has 3 aromatic rings. The lowest BCUT2D eigenvalue weighted by atomic mass is 9.78. The highest BCUT2D eigenvalue weighted by atomic mass is 19.1. The molecule has 0 aliphatic carbocycles. The molecule has 7 nitrogen and oxygen atoms in total. The second-order valence-electron chi connectivity index (χ2n) is 11.6. The first-order valence-electron chi connectivity index (χ1n) is 12.2. The van der Waals surface area contributed by atoms with E-state index in [1.807, 2.05) is 52.0 Å². The van der Waals surface area contributed by atoms with E-state index in [0.29, 0.717) is 5.82 Å². The maximum absolute atomic E-state index is 14.4. The van der Waals surface area contributed by atoms with E-state index in [9.17, 15) is 9.18 Å². The number of benzene rings is 2. The van der Waals surface area contributed by atoms with E-state index < -0.39 is 42.2 Å². The van der Waals surface area contributed by atoms with E-state index in [4.69, 9.17) is 19.0 Å². The molecule has 0 unspecified atom stereocenters. The highest BCUT2D eigenvalue weighted by Crippen LogP contribution is 2.38. The number of imidazole rings is 1. The molecule has 2 fully saturated rings. The third kappa shape index (κ3) is 4.29. The predicted molar refractivity (Wildman–Crippen MR) is 135 cm³/mol. The minimum Gasteiger partial charge on any atom is -0.444 e. The summed E-state index contributed by atoms with van der Waals surface area (Å²) in [5.74, 6) is 0.563. The van der Waals surface area contributed by atoms with E-state index in [-0.39, 0.29) is 13.0 Å². The van der Waals surface area contributed by atoms with Gasteiger partial charge in [0.05, 0.1) is 34.8 Å². The summed E-state index contributed by atoms with van der Waals surface area (Å²) >= 11 is 0. The van der Waals surface area contributed by atoms with Crippen LogP contribution >= 0.6 is 0 Å². The fourth-order valence-electron chi connectivity index (χ4n) is 4.70. The number of hydrogen-bond acceptors (Lipinski definition) is 5. The van der Waals surface area contributed by atoms with Gasteiger partial charge in [-0.15, -0.1) is 0 Å². The number of hydrogen-bond donors (Lipinski definition) is 1. The number of H-pyrrole nitrogens is 1. The Kier molecular flexibility index (Phi) is 5.45. The maximum Gasteiger partial charge on any atom is 0.494 e. The number of aromatic amines is 1. The Morgan fingerprint density at radius 3 is 2.51 bits per heavy atom. The average molecular weight is 481 g/mol. The molecular weight excluding hydrogens is 448 g/mol. The molecule has 0 radical (unpaired) electrons. The zero-order chi connectivity index (χ0) is 25.3. The monoisotopic (exact) mass is 481 g/mol. The lowest BCUT2D eigenvalue weighted by Crippen LogP contribution is -2.41. The minimum atomic E-state index is -1.13. The van der Waals surface area contributed by atoms with Crippen LogP contribution in [0.4, 0.5) is 9.18 Å². The zero-order valence-corrected chi connectivity index (χ0v) is 21.4. The number of nitrogens with zero attached hydrogens (tertiary/aromatic N) is 2. The summed E-state index contributed by atoms with van der Waals surface area (Å²) in [4.78, 5) is 22.3. The van der Waals surface area contributed by atoms with E-state index in [0.717, 1.165) is 27.3 Å². The van der Waals surface area contributed by atoms with Crippen molar-refractivity contribution in [2.75, 3.05) is 6.54 Å². The number of ether oxygens (including phenoxy) is 1. The zero-order valence-electron chi connectivity index (χ0n) is 21.4. The Balaban J connectivity index is 1.47. The van der Waals surface area contributed by atoms with Crippen LogP contribution in [0.15, 0.2) is 30.3 Å². The number of alkyl halides is 1. The van der Waals surface area contributed by atoms with Crippen molar-refractivity contribution < 1.29 is 23.2 Å². The SMILES string of the molecule is CC(C)(C)OC(=O)N1C[C@H](F)C[C@H]1c1nc2ccc3cc(B4OC(C)(C)C(C)(C)O4)ccc3c2[nH]1. The van der Waals surface area contributed by atoms with Gasteiger partial charge in [-0.3, -0.25) is 4.90 Å². The van der Waals surface area contributed by atoms with Gasteiger partial charge in [0.2, 0.25) is 0 Å². The number of carbonyl (C=O) groups is 1. The molecule has 0 saturated carbocycles. The normalized spacial score (nSPS) is 24.0. The van der Waals surface area contributed by atoms with Crippen LogP contribution in [-0.4, -0.2) is 57.6 Å². The number of aromatic nitrogens is 2. The van der Waals surface area contributed by atoms with Crippen molar-refractivity contribution in [3.8, 4) is 0 Å². The van der Waals surface area contributed by atoms with E-state index in [1.54, 1.807) is 20.8 Å². The van der Waals surface area contributed by atoms with Crippen molar-refractivity contribution in [2.45, 2.75) is 83.9 Å². The topological polar surface area (TPSA) is 76.7 Å². The van der Waals surface area contributed by atoms with Gasteiger partial charge in [-0.25, -0.2) is 14.2 Å². The molecule has 1 aromatic heterocycles. The number of halogens is 1. The third-order valence-electron chi connectivity index (χ3n) is 7.23. The van der Waals surface area contributed by atoms with Crippen molar-refractivity contribution in [3.63, 3.8) is 0 Å². The second kappa shape index (κ2) is 7.93. The fourth-order valence-corrected chi connectivity index (χ4v) is 4.70. The molecule has 2 atom stereocenters. The van der Waals surface area contributed by atoms with Crippen molar-refractivity contribution in [3.05, 3.63) is 36.2 Å². The van der Waals surface area contributed by atoms with Crippen LogP contribution in [-0.2, 0) is 14.0 Å². The second-order valence-corrected chi connectivity index (χ2v) is 11.6. The Bertz CT molecular complexity index is 1280. The summed E-state index contributed by atoms with van der Waals surface area (Å²) in [7, 11) is -0.445. The summed E-state index contributed by atoms with van der Waals surface area (Å²) in [5.41, 5.74) is 1.08. The molecule has 2 aliphatic rings. The minimum absolute atomic E-state index is 0.00514. The first-order valence-corrected chi connectivity index (χ1v) is 12.2. The van der Waals surface area contributed by atoms with Gasteiger partial charge in [0.25, 0.3) is 0 Å². The van der Waals surface area contributed by atoms with Crippen LogP contribution in [0.5, 0.6) is 0 Å². The van der Waals surface area contributed by atoms with Gasteiger partial charge in [-0.05, 0) is 65.4 Å². The van der Waals surface area contributed by atoms with Gasteiger partial charge >= 0.3 is 13.2 Å². The first-order chi connectivity index (χ1) is 16.2. The van der Waals surface area contributed by atoms with Crippen LogP contribution in [0.3, 0.4) is 0 Å². The summed E-state index contributed by atoms with van der Waals surface area (Å²) in [6.07, 6.45) is -1.47. The van der Waals surface area contributed by atoms with Crippen LogP contribution in [0, 0.1) is 0 Å². The van der Waals surface area contributed by atoms with Crippen LogP contribution < -0.4 is 5.46 Å². The Morgan fingerprint density at radius 2 is 1.86 bits per heavy atom. The third-order valence-corrected chi connectivity index (χ3v) is 7.23. The lowest BCUT2D eigenvalue weighted by Gasteiger charge is -2.32. The molecule has 2 aliphatic heterocycles. The summed E-state index contributed by atoms with van der Waals surface area (Å²) in [6.45, 7) is 13.5. The van der Waals surface area contributed by atoms with Crippen molar-refractivity contribution in [2.24, 2.45) is 0 Å². The van der Waals surface area contributed by atoms with E-state index in [1.165, 1.54) is 4.90 Å². The quantitative estimate of drug-likeness (QED) is 0.520. The van der Waals surface area contributed by atoms with Gasteiger partial charge in [-0.1, -0.05) is 24.3 Å². The van der Waals surface area contributed by atoms with Crippen molar-refractivity contribution in [1.29, 1.82) is 0 Å². The maximum atomic E-state index is 14.4. The number of likely N-dealkylation sites (tertiary alicyclic amines) is 1. The smallest absolute Gasteiger partial charge is 0.444 e. The molecule has 0 bridgehead atoms. The Hall–Kier alpha value is -2.65. The fraction of sp³-hybridized carbons (Fsp3) is 0.538. The van der Waals surface area contributed by atoms with E-state index in [2.05, 4.69) is 11.1 Å². The summed E-state index contributed by atoms with van der Waals surface area (Å²) < 4.78 is 32.3. The Labute approximate surface area is 205 Å². The van der Waals surface area contributed by atoms with Gasteiger partial charge in [0.1, 0.15) is 17.6 Å². The predicted octanol–water partition coefficient (Wildman–Crippen LogP) is 5.04. The van der Waals surface area contributed by atoms with Gasteiger partial charge in [0.15, 0.2) is 0 Å². The van der Waals surface area contributed by atoms with Crippen LogP contribution in [0.2, 0.25) is 0 Å². The molecule has 35 heavy (non-hydrogen) atoms. The van der Waals surface area contributed by atoms with Crippen LogP contribution in [0.1, 0.15) is 66.8 Å². The Morgan fingerprint density at radius 1 is 1.17 bits per heavy atom. The molecule has 1 amide bonds. The number of rotatable bonds is 2. The van der Waals surface area contributed by atoms with Crippen molar-refractivity contribution >= 4 is 40.5 Å². The summed E-state index contributed by atoms with van der Waals surface area (Å²) in [6, 6.07) is 9.53. The van der Waals surface area contributed by atoms with Gasteiger partial charge in [-0.2, -0.15) is 0 Å². The molecule has 2 saturated heterocycles. The molecule has 186 valence electrons. The lowest BCUT2D eigenvalue weighted by molar-refractivity contribution is 0.00578. The number of nitrogens with one attached hydrogen (secondary N) is 1. The average Bonchev–Trinajstić information content (AvgIpc) is 3.39. The molecule has 5 rings (SSSR count). The molecule has 3 heterocycles. The van der Waals surface area contributed by atoms with Crippen molar-refractivity contribution in [1.82, 2.24) is 14.9 Å². The molecule has 1 N–H and O–H groups in total. The number of fused-ring (bicyclic) bond motifs is 3. The van der Waals surface area contributed by atoms with Gasteiger partial charge < -0.3 is 19.0 Å². The van der Waals surface area contributed by atoms with E-state index >= 15 is 0 Å². The van der Waals surface area contributed by atoms with Gasteiger partial charge in [0, 0.05) is 11.8 Å². The standard InChI is InChI=1S/C26H33BFN3O4/c1-24(2,3)33-23(32)31-14-17(28)13-20(31)22-29-19-11-8-15-12-16(9-10-18(15)21(19)30-22)27-34-25(4,5)26(6,7)35-27/h8-12,17,20H,13-14H2,1-7H3,(H,29,30)/t17-,20+/m1/s1. The highest BCUT2D eigenvalue weighted by molar-refractivity contribution is 6.62. The van der Waals surface area contributed by atoms with Crippen LogP contribution in [0.25, 0.3) is 21.8 Å². The largest absolute Gasteiger partial charge is 0.494 e. The first kappa shape index (κ1) is 24.1. The molecule has 2 aromatic carbocycles. The number of carbonyl (C=O) groups excluding carboxylic acids is 1. The molecular formula is C26H33BFN3O4. The number of amides is 1. The summed E-state index contributed by atoms with van der Waals surface area (Å²) in [5, 5.41) is 2.00. The molecule has 9 heteroatoms.